The summed E-state index contributed by atoms with van der Waals surface area (Å²) in [7, 11) is -3.01. The molecular formula is C23H27F3N6O4S. The molecule has 0 aliphatic rings. The van der Waals surface area contributed by atoms with Crippen LogP contribution in [-0.4, -0.2) is 74.0 Å². The minimum atomic E-state index is -4.50. The summed E-state index contributed by atoms with van der Waals surface area (Å²) >= 11 is 0. The number of aromatic nitrogens is 2. The van der Waals surface area contributed by atoms with Crippen LogP contribution in [0.3, 0.4) is 0 Å². The van der Waals surface area contributed by atoms with Gasteiger partial charge in [-0.3, -0.25) is 4.40 Å². The number of sulfone groups is 1. The van der Waals surface area contributed by atoms with Gasteiger partial charge in [-0.25, -0.2) is 18.2 Å². The highest BCUT2D eigenvalue weighted by atomic mass is 32.2. The molecule has 1 aromatic carbocycles. The van der Waals surface area contributed by atoms with Crippen LogP contribution in [0.25, 0.3) is 16.9 Å². The summed E-state index contributed by atoms with van der Waals surface area (Å²) in [6.45, 7) is 1.42. The van der Waals surface area contributed by atoms with E-state index in [1.807, 2.05) is 16.5 Å². The minimum Gasteiger partial charge on any atom is -0.394 e. The number of urea groups is 1. The molecule has 37 heavy (non-hydrogen) atoms. The van der Waals surface area contributed by atoms with Gasteiger partial charge in [0.15, 0.2) is 0 Å². The van der Waals surface area contributed by atoms with Crippen molar-refractivity contribution < 1.29 is 31.2 Å². The summed E-state index contributed by atoms with van der Waals surface area (Å²) in [5.74, 6) is 0.0553. The normalized spacial score (nSPS) is 12.5. The molecule has 0 aliphatic heterocycles. The molecule has 0 bridgehead atoms. The van der Waals surface area contributed by atoms with Crippen molar-refractivity contribution in [3.63, 3.8) is 0 Å². The fourth-order valence-corrected chi connectivity index (χ4v) is 3.74. The van der Waals surface area contributed by atoms with Crippen molar-refractivity contribution >= 4 is 32.9 Å². The van der Waals surface area contributed by atoms with Crippen molar-refractivity contribution in [2.75, 3.05) is 43.6 Å². The molecule has 3 aromatic rings. The van der Waals surface area contributed by atoms with Gasteiger partial charge in [-0.05, 0) is 31.2 Å². The summed E-state index contributed by atoms with van der Waals surface area (Å²) in [6.07, 6.45) is 0.129. The molecule has 2 aromatic heterocycles. The van der Waals surface area contributed by atoms with Crippen LogP contribution in [0.1, 0.15) is 12.5 Å². The highest BCUT2D eigenvalue weighted by molar-refractivity contribution is 7.90. The van der Waals surface area contributed by atoms with E-state index in [0.29, 0.717) is 41.4 Å². The van der Waals surface area contributed by atoms with Crippen LogP contribution in [0.5, 0.6) is 0 Å². The molecule has 3 N–H and O–H groups in total. The molecule has 0 aliphatic carbocycles. The second-order valence-electron chi connectivity index (χ2n) is 8.18. The first-order chi connectivity index (χ1) is 17.4. The second-order valence-corrected chi connectivity index (χ2v) is 10.4. The molecular weight excluding hydrogens is 513 g/mol. The monoisotopic (exact) mass is 540 g/mol. The van der Waals surface area contributed by atoms with Crippen LogP contribution in [-0.2, 0) is 14.7 Å². The fraction of sp³-hybridized carbons (Fsp3) is 0.348. The van der Waals surface area contributed by atoms with Crippen LogP contribution in [0, 0.1) is 0 Å². The largest absolute Gasteiger partial charge is 0.405 e. The molecule has 2 amide bonds. The highest BCUT2D eigenvalue weighted by Gasteiger charge is 2.27. The number of amides is 2. The van der Waals surface area contributed by atoms with E-state index in [1.165, 1.54) is 6.26 Å². The Morgan fingerprint density at radius 2 is 1.97 bits per heavy atom. The number of carbonyl (C=O) groups is 1. The molecule has 3 rings (SSSR count). The van der Waals surface area contributed by atoms with Crippen LogP contribution in [0.2, 0.25) is 0 Å². The zero-order valence-electron chi connectivity index (χ0n) is 20.2. The van der Waals surface area contributed by atoms with E-state index in [0.717, 1.165) is 5.56 Å². The van der Waals surface area contributed by atoms with Crippen molar-refractivity contribution in [1.82, 2.24) is 20.0 Å². The Morgan fingerprint density at radius 1 is 1.19 bits per heavy atom. The molecule has 200 valence electrons. The first kappa shape index (κ1) is 27.9. The lowest BCUT2D eigenvalue weighted by Crippen LogP contribution is -2.36. The Morgan fingerprint density at radius 3 is 2.70 bits per heavy atom. The first-order valence-corrected chi connectivity index (χ1v) is 13.2. The maximum absolute atomic E-state index is 12.3. The number of oxime groups is 1. The first-order valence-electron chi connectivity index (χ1n) is 11.2. The maximum Gasteiger partial charge on any atom is 0.405 e. The van der Waals surface area contributed by atoms with Crippen LogP contribution in [0.4, 0.5) is 23.7 Å². The lowest BCUT2D eigenvalue weighted by atomic mass is 10.1. The molecule has 10 nitrogen and oxygen atoms in total. The topological polar surface area (TPSA) is 126 Å². The van der Waals surface area contributed by atoms with E-state index >= 15 is 0 Å². The SMILES string of the molecule is C/C(=N\OCCNCCS(C)(=O)=O)c1ccn2c(-c3cccc(NC(=O)NCC(F)(F)F)c3)cnc2c1. The Balaban J connectivity index is 1.62. The number of halogens is 3. The Bertz CT molecular complexity index is 1370. The quantitative estimate of drug-likeness (QED) is 0.195. The van der Waals surface area contributed by atoms with Gasteiger partial charge in [0, 0.05) is 42.4 Å². The fourth-order valence-electron chi connectivity index (χ4n) is 3.23. The number of hydrogen-bond donors (Lipinski definition) is 3. The van der Waals surface area contributed by atoms with E-state index < -0.39 is 28.6 Å². The number of anilines is 1. The second kappa shape index (κ2) is 12.1. The Kier molecular flexibility index (Phi) is 9.10. The van der Waals surface area contributed by atoms with Gasteiger partial charge in [0.25, 0.3) is 0 Å². The summed E-state index contributed by atoms with van der Waals surface area (Å²) in [6, 6.07) is 9.36. The van der Waals surface area contributed by atoms with Crippen molar-refractivity contribution in [3.8, 4) is 11.3 Å². The minimum absolute atomic E-state index is 0.0553. The summed E-state index contributed by atoms with van der Waals surface area (Å²) in [5, 5.41) is 11.2. The number of carbonyl (C=O) groups excluding carboxylic acids is 1. The van der Waals surface area contributed by atoms with Crippen molar-refractivity contribution in [3.05, 3.63) is 54.4 Å². The summed E-state index contributed by atoms with van der Waals surface area (Å²) in [5.41, 5.74) is 3.78. The Hall–Kier alpha value is -3.65. The van der Waals surface area contributed by atoms with Gasteiger partial charge in [-0.15, -0.1) is 0 Å². The van der Waals surface area contributed by atoms with Crippen molar-refractivity contribution in [1.29, 1.82) is 0 Å². The molecule has 2 heterocycles. The number of pyridine rings is 1. The third-order valence-electron chi connectivity index (χ3n) is 5.02. The molecule has 0 radical (unpaired) electrons. The molecule has 0 unspecified atom stereocenters. The van der Waals surface area contributed by atoms with Gasteiger partial charge in [0.1, 0.15) is 28.6 Å². The molecule has 0 spiro atoms. The van der Waals surface area contributed by atoms with Gasteiger partial charge in [-0.2, -0.15) is 13.2 Å². The highest BCUT2D eigenvalue weighted by Crippen LogP contribution is 2.24. The number of fused-ring (bicyclic) bond motifs is 1. The van der Waals surface area contributed by atoms with Crippen molar-refractivity contribution in [2.45, 2.75) is 13.1 Å². The number of nitrogens with one attached hydrogen (secondary N) is 3. The standard InChI is InChI=1S/C23H27F3N6O4S/c1-16(31-36-10-7-27-8-11-37(2,34)35)17-6-9-32-20(14-28-21(32)13-17)18-4-3-5-19(12-18)30-22(33)29-15-23(24,25)26/h3-6,9,12-14,27H,7-8,10-11,15H2,1-2H3,(H2,29,30,33)/b31-16+. The average molecular weight is 541 g/mol. The Labute approximate surface area is 211 Å². The average Bonchev–Trinajstić information content (AvgIpc) is 3.24. The summed E-state index contributed by atoms with van der Waals surface area (Å²) < 4.78 is 60.9. The summed E-state index contributed by atoms with van der Waals surface area (Å²) in [4.78, 5) is 21.5. The zero-order valence-corrected chi connectivity index (χ0v) is 21.0. The van der Waals surface area contributed by atoms with E-state index in [9.17, 15) is 26.4 Å². The molecule has 0 fully saturated rings. The van der Waals surface area contributed by atoms with Gasteiger partial charge in [0.2, 0.25) is 0 Å². The molecule has 0 saturated carbocycles. The van der Waals surface area contributed by atoms with Crippen LogP contribution >= 0.6 is 0 Å². The predicted molar refractivity (Wildman–Crippen MR) is 134 cm³/mol. The predicted octanol–water partition coefficient (Wildman–Crippen LogP) is 3.06. The van der Waals surface area contributed by atoms with Crippen molar-refractivity contribution in [2.24, 2.45) is 5.16 Å². The van der Waals surface area contributed by atoms with Crippen LogP contribution < -0.4 is 16.0 Å². The molecule has 0 saturated heterocycles. The number of nitrogens with zero attached hydrogens (tertiary/aromatic N) is 3. The zero-order chi connectivity index (χ0) is 27.1. The van der Waals surface area contributed by atoms with E-state index in [1.54, 1.807) is 48.9 Å². The third kappa shape index (κ3) is 9.06. The van der Waals surface area contributed by atoms with E-state index in [4.69, 9.17) is 4.84 Å². The van der Waals surface area contributed by atoms with E-state index in [-0.39, 0.29) is 12.4 Å². The maximum atomic E-state index is 12.3. The van der Waals surface area contributed by atoms with Gasteiger partial charge in [-0.1, -0.05) is 17.3 Å². The van der Waals surface area contributed by atoms with Crippen LogP contribution in [0.15, 0.2) is 53.9 Å². The number of hydrogen-bond acceptors (Lipinski definition) is 7. The lowest BCUT2D eigenvalue weighted by molar-refractivity contribution is -0.122. The van der Waals surface area contributed by atoms with Gasteiger partial charge < -0.3 is 20.8 Å². The number of imidazole rings is 1. The smallest absolute Gasteiger partial charge is 0.394 e. The third-order valence-corrected chi connectivity index (χ3v) is 5.96. The number of alkyl halides is 3. The van der Waals surface area contributed by atoms with Gasteiger partial charge >= 0.3 is 12.2 Å². The number of benzene rings is 1. The van der Waals surface area contributed by atoms with E-state index in [2.05, 4.69) is 20.8 Å². The molecule has 0 atom stereocenters. The molecule has 14 heteroatoms. The number of rotatable bonds is 11. The van der Waals surface area contributed by atoms with Gasteiger partial charge in [0.05, 0.1) is 23.4 Å². The lowest BCUT2D eigenvalue weighted by Gasteiger charge is -2.11.